The minimum absolute atomic E-state index is 0.0112. The van der Waals surface area contributed by atoms with Crippen LogP contribution >= 0.6 is 15.9 Å². The molecule has 0 amide bonds. The van der Waals surface area contributed by atoms with E-state index in [9.17, 15) is 8.42 Å². The van der Waals surface area contributed by atoms with E-state index in [1.165, 1.54) is 0 Å². The maximum Gasteiger partial charge on any atom is 0.241 e. The zero-order valence-electron chi connectivity index (χ0n) is 12.3. The molecule has 1 aliphatic rings. The Morgan fingerprint density at radius 1 is 1.38 bits per heavy atom. The summed E-state index contributed by atoms with van der Waals surface area (Å²) in [5.74, 6) is 0.617. The lowest BCUT2D eigenvalue weighted by Crippen LogP contribution is -2.42. The number of ether oxygens (including phenoxy) is 1. The summed E-state index contributed by atoms with van der Waals surface area (Å²) in [7, 11) is -1.98. The molecular formula is C14H21BrN2O3S. The molecule has 0 radical (unpaired) electrons. The predicted molar refractivity (Wildman–Crippen MR) is 86.1 cm³/mol. The molecule has 7 heteroatoms. The molecule has 1 aromatic rings. The van der Waals surface area contributed by atoms with Gasteiger partial charge in [-0.3, -0.25) is 0 Å². The molecule has 2 rings (SSSR count). The summed E-state index contributed by atoms with van der Waals surface area (Å²) in [5.41, 5.74) is 0.0112. The molecule has 0 atom stereocenters. The second-order valence-corrected chi connectivity index (χ2v) is 8.27. The third kappa shape index (κ3) is 4.18. The zero-order valence-corrected chi connectivity index (χ0v) is 14.7. The summed E-state index contributed by atoms with van der Waals surface area (Å²) in [6.45, 7) is 4.45. The fraction of sp³-hybridized carbons (Fsp3) is 0.571. The fourth-order valence-electron chi connectivity index (χ4n) is 2.38. The van der Waals surface area contributed by atoms with Crippen molar-refractivity contribution in [2.75, 3.05) is 26.7 Å². The van der Waals surface area contributed by atoms with Crippen molar-refractivity contribution in [3.05, 3.63) is 22.7 Å². The molecule has 1 fully saturated rings. The topological polar surface area (TPSA) is 67.4 Å². The van der Waals surface area contributed by atoms with Crippen molar-refractivity contribution < 1.29 is 13.2 Å². The monoisotopic (exact) mass is 376 g/mol. The third-order valence-corrected chi connectivity index (χ3v) is 6.31. The van der Waals surface area contributed by atoms with E-state index in [1.807, 2.05) is 0 Å². The van der Waals surface area contributed by atoms with Gasteiger partial charge in [-0.2, -0.15) is 0 Å². The van der Waals surface area contributed by atoms with Crippen LogP contribution < -0.4 is 14.8 Å². The number of rotatable bonds is 5. The maximum atomic E-state index is 12.4. The van der Waals surface area contributed by atoms with Gasteiger partial charge in [-0.25, -0.2) is 13.1 Å². The summed E-state index contributed by atoms with van der Waals surface area (Å²) >= 11 is 3.29. The summed E-state index contributed by atoms with van der Waals surface area (Å²) in [5, 5.41) is 3.29. The van der Waals surface area contributed by atoms with E-state index in [1.54, 1.807) is 25.3 Å². The molecule has 0 spiro atoms. The highest BCUT2D eigenvalue weighted by atomic mass is 79.9. The molecule has 21 heavy (non-hydrogen) atoms. The van der Waals surface area contributed by atoms with E-state index in [4.69, 9.17) is 4.74 Å². The number of hydrogen-bond acceptors (Lipinski definition) is 4. The van der Waals surface area contributed by atoms with Crippen LogP contribution in [-0.4, -0.2) is 35.2 Å². The second kappa shape index (κ2) is 6.64. The van der Waals surface area contributed by atoms with E-state index >= 15 is 0 Å². The number of benzene rings is 1. The number of methoxy groups -OCH3 is 1. The lowest BCUT2D eigenvalue weighted by atomic mass is 9.81. The molecule has 0 bridgehead atoms. The number of hydrogen-bond donors (Lipinski definition) is 2. The Balaban J connectivity index is 2.11. The van der Waals surface area contributed by atoms with Gasteiger partial charge in [0.1, 0.15) is 5.75 Å². The molecule has 2 N–H and O–H groups in total. The Kier molecular flexibility index (Phi) is 5.29. The SMILES string of the molecule is COc1ccc(S(=O)(=O)NCC2(C)CCNCC2)c(Br)c1. The van der Waals surface area contributed by atoms with Crippen LogP contribution in [0.15, 0.2) is 27.6 Å². The highest BCUT2D eigenvalue weighted by molar-refractivity contribution is 9.10. The molecule has 0 unspecified atom stereocenters. The predicted octanol–water partition coefficient (Wildman–Crippen LogP) is 2.13. The molecule has 1 saturated heterocycles. The lowest BCUT2D eigenvalue weighted by molar-refractivity contribution is 0.232. The summed E-state index contributed by atoms with van der Waals surface area (Å²) in [6, 6.07) is 4.85. The Morgan fingerprint density at radius 2 is 2.05 bits per heavy atom. The molecule has 1 aromatic carbocycles. The molecule has 1 aliphatic heterocycles. The molecule has 0 aromatic heterocycles. The van der Waals surface area contributed by atoms with E-state index in [-0.39, 0.29) is 10.3 Å². The first-order valence-corrected chi connectivity index (χ1v) is 9.18. The Bertz CT molecular complexity index is 598. The molecule has 0 aliphatic carbocycles. The third-order valence-electron chi connectivity index (χ3n) is 3.93. The van der Waals surface area contributed by atoms with Crippen molar-refractivity contribution in [2.24, 2.45) is 5.41 Å². The standard InChI is InChI=1S/C14H21BrN2O3S/c1-14(5-7-16-8-6-14)10-17-21(18,19)13-4-3-11(20-2)9-12(13)15/h3-4,9,16-17H,5-8,10H2,1-2H3. The lowest BCUT2D eigenvalue weighted by Gasteiger charge is -2.34. The quantitative estimate of drug-likeness (QED) is 0.825. The maximum absolute atomic E-state index is 12.4. The highest BCUT2D eigenvalue weighted by Gasteiger charge is 2.29. The van der Waals surface area contributed by atoms with Crippen molar-refractivity contribution >= 4 is 26.0 Å². The van der Waals surface area contributed by atoms with Crippen LogP contribution in [0.5, 0.6) is 5.75 Å². The van der Waals surface area contributed by atoms with Crippen LogP contribution in [0.3, 0.4) is 0 Å². The smallest absolute Gasteiger partial charge is 0.241 e. The first-order valence-electron chi connectivity index (χ1n) is 6.90. The number of piperidine rings is 1. The highest BCUT2D eigenvalue weighted by Crippen LogP contribution is 2.29. The van der Waals surface area contributed by atoms with Crippen LogP contribution in [0.4, 0.5) is 0 Å². The molecule has 0 saturated carbocycles. The normalized spacial score (nSPS) is 18.4. The zero-order chi connectivity index (χ0) is 15.5. The average Bonchev–Trinajstić information content (AvgIpc) is 2.46. The summed E-state index contributed by atoms with van der Waals surface area (Å²) in [6.07, 6.45) is 1.94. The van der Waals surface area contributed by atoms with Gasteiger partial charge in [-0.15, -0.1) is 0 Å². The van der Waals surface area contributed by atoms with Crippen LogP contribution in [0, 0.1) is 5.41 Å². The van der Waals surface area contributed by atoms with Crippen molar-refractivity contribution in [3.8, 4) is 5.75 Å². The summed E-state index contributed by atoms with van der Waals surface area (Å²) < 4.78 is 33.2. The largest absolute Gasteiger partial charge is 0.497 e. The van der Waals surface area contributed by atoms with E-state index in [0.29, 0.717) is 16.8 Å². The van der Waals surface area contributed by atoms with Gasteiger partial charge in [0.15, 0.2) is 0 Å². The van der Waals surface area contributed by atoms with Gasteiger partial charge in [0.2, 0.25) is 10.0 Å². The van der Waals surface area contributed by atoms with Crippen molar-refractivity contribution in [3.63, 3.8) is 0 Å². The van der Waals surface area contributed by atoms with Gasteiger partial charge in [-0.05, 0) is 65.5 Å². The Hall–Kier alpha value is -0.630. The van der Waals surface area contributed by atoms with Gasteiger partial charge in [0.05, 0.1) is 12.0 Å². The number of nitrogens with one attached hydrogen (secondary N) is 2. The molecular weight excluding hydrogens is 356 g/mol. The van der Waals surface area contributed by atoms with E-state index in [0.717, 1.165) is 25.9 Å². The molecule has 5 nitrogen and oxygen atoms in total. The van der Waals surface area contributed by atoms with Gasteiger partial charge < -0.3 is 10.1 Å². The minimum atomic E-state index is -3.53. The van der Waals surface area contributed by atoms with Crippen LogP contribution in [0.2, 0.25) is 0 Å². The Labute approximate surface area is 134 Å². The van der Waals surface area contributed by atoms with Crippen LogP contribution in [0.1, 0.15) is 19.8 Å². The molecule has 118 valence electrons. The van der Waals surface area contributed by atoms with Crippen molar-refractivity contribution in [2.45, 2.75) is 24.7 Å². The first-order chi connectivity index (χ1) is 9.86. The van der Waals surface area contributed by atoms with Gasteiger partial charge in [0.25, 0.3) is 0 Å². The van der Waals surface area contributed by atoms with Gasteiger partial charge >= 0.3 is 0 Å². The second-order valence-electron chi connectivity index (χ2n) is 5.68. The first kappa shape index (κ1) is 16.7. The molecule has 1 heterocycles. The number of sulfonamides is 1. The van der Waals surface area contributed by atoms with Crippen molar-refractivity contribution in [1.82, 2.24) is 10.0 Å². The minimum Gasteiger partial charge on any atom is -0.497 e. The summed E-state index contributed by atoms with van der Waals surface area (Å²) in [4.78, 5) is 0.237. The average molecular weight is 377 g/mol. The fourth-order valence-corrected chi connectivity index (χ4v) is 4.63. The van der Waals surface area contributed by atoms with Crippen LogP contribution in [0.25, 0.3) is 0 Å². The van der Waals surface area contributed by atoms with E-state index < -0.39 is 10.0 Å². The van der Waals surface area contributed by atoms with Gasteiger partial charge in [0, 0.05) is 11.0 Å². The van der Waals surface area contributed by atoms with Crippen LogP contribution in [-0.2, 0) is 10.0 Å². The Morgan fingerprint density at radius 3 is 2.62 bits per heavy atom. The van der Waals surface area contributed by atoms with Crippen molar-refractivity contribution in [1.29, 1.82) is 0 Å². The van der Waals surface area contributed by atoms with E-state index in [2.05, 4.69) is 32.9 Å². The van der Waals surface area contributed by atoms with Gasteiger partial charge in [-0.1, -0.05) is 6.92 Å². The number of halogens is 1.